The Morgan fingerprint density at radius 3 is 2.42 bits per heavy atom. The summed E-state index contributed by atoms with van der Waals surface area (Å²) in [5.74, 6) is -4.48. The molecule has 0 aliphatic carbocycles. The topological polar surface area (TPSA) is 82.5 Å². The summed E-state index contributed by atoms with van der Waals surface area (Å²) in [6.07, 6.45) is 1.73. The van der Waals surface area contributed by atoms with Gasteiger partial charge in [0.25, 0.3) is 5.79 Å². The highest BCUT2D eigenvalue weighted by Crippen LogP contribution is 2.36. The summed E-state index contributed by atoms with van der Waals surface area (Å²) in [5, 5.41) is 26.3. The smallest absolute Gasteiger partial charge is 0.335 e. The largest absolute Gasteiger partial charge is 0.342 e. The highest BCUT2D eigenvalue weighted by molar-refractivity contribution is 4.88. The third kappa shape index (κ3) is 1.94. The van der Waals surface area contributed by atoms with Crippen molar-refractivity contribution in [2.75, 3.05) is 13.2 Å². The van der Waals surface area contributed by atoms with Gasteiger partial charge in [-0.1, -0.05) is 13.3 Å². The lowest BCUT2D eigenvalue weighted by atomic mass is 10.3. The maximum atomic E-state index is 8.77. The van der Waals surface area contributed by atoms with Crippen LogP contribution in [0.15, 0.2) is 0 Å². The molecule has 0 aromatic rings. The highest BCUT2D eigenvalue weighted by atomic mass is 16.9. The van der Waals surface area contributed by atoms with Crippen LogP contribution in [0.5, 0.6) is 0 Å². The lowest BCUT2D eigenvalue weighted by molar-refractivity contribution is -0.393. The van der Waals surface area contributed by atoms with Crippen LogP contribution in [0.1, 0.15) is 19.8 Å². The van der Waals surface area contributed by atoms with Crippen molar-refractivity contribution in [3.63, 3.8) is 0 Å². The summed E-state index contributed by atoms with van der Waals surface area (Å²) in [6, 6.07) is 0. The van der Waals surface area contributed by atoms with Gasteiger partial charge in [-0.3, -0.25) is 0 Å². The normalized spacial score (nSPS) is 29.0. The van der Waals surface area contributed by atoms with Crippen LogP contribution < -0.4 is 0 Å². The third-order valence-corrected chi connectivity index (χ3v) is 1.75. The van der Waals surface area contributed by atoms with E-state index in [4.69, 9.17) is 20.1 Å². The second-order valence-electron chi connectivity index (χ2n) is 2.88. The first-order valence-corrected chi connectivity index (χ1v) is 3.97. The van der Waals surface area contributed by atoms with E-state index in [-0.39, 0.29) is 6.61 Å². The van der Waals surface area contributed by atoms with Crippen LogP contribution >= 0.6 is 0 Å². The molecule has 5 nitrogen and oxygen atoms in total. The van der Waals surface area contributed by atoms with Crippen molar-refractivity contribution in [1.82, 2.24) is 0 Å². The standard InChI is InChI=1S/C7H14O5/c1-2-3-4-11-6(5-12-6)7(8,9)10/h8-10H,2-5H2,1H3. The minimum Gasteiger partial charge on any atom is -0.342 e. The van der Waals surface area contributed by atoms with Crippen LogP contribution in [0.3, 0.4) is 0 Å². The second kappa shape index (κ2) is 3.27. The fraction of sp³-hybridized carbons (Fsp3) is 1.00. The van der Waals surface area contributed by atoms with Crippen LogP contribution in [0.4, 0.5) is 0 Å². The molecule has 0 aromatic heterocycles. The molecule has 1 fully saturated rings. The summed E-state index contributed by atoms with van der Waals surface area (Å²) >= 11 is 0. The van der Waals surface area contributed by atoms with Gasteiger partial charge in [-0.05, 0) is 6.42 Å². The van der Waals surface area contributed by atoms with Crippen molar-refractivity contribution in [2.45, 2.75) is 31.5 Å². The maximum Gasteiger partial charge on any atom is 0.335 e. The molecule has 1 rings (SSSR count). The van der Waals surface area contributed by atoms with Gasteiger partial charge in [0.15, 0.2) is 0 Å². The first-order valence-electron chi connectivity index (χ1n) is 3.97. The number of unbranched alkanes of at least 4 members (excludes halogenated alkanes) is 1. The van der Waals surface area contributed by atoms with E-state index < -0.39 is 11.8 Å². The van der Waals surface area contributed by atoms with Gasteiger partial charge in [-0.2, -0.15) is 0 Å². The number of ether oxygens (including phenoxy) is 2. The van der Waals surface area contributed by atoms with Crippen LogP contribution in [-0.4, -0.2) is 40.3 Å². The SMILES string of the molecule is CCCCOC1(C(O)(O)O)CO1. The molecule has 0 aromatic carbocycles. The van der Waals surface area contributed by atoms with Crippen LogP contribution in [0.25, 0.3) is 0 Å². The van der Waals surface area contributed by atoms with Gasteiger partial charge in [0, 0.05) is 0 Å². The van der Waals surface area contributed by atoms with Crippen molar-refractivity contribution in [3.05, 3.63) is 0 Å². The van der Waals surface area contributed by atoms with E-state index in [0.717, 1.165) is 12.8 Å². The molecule has 0 spiro atoms. The predicted molar refractivity (Wildman–Crippen MR) is 38.9 cm³/mol. The molecule has 0 amide bonds. The van der Waals surface area contributed by atoms with Gasteiger partial charge < -0.3 is 24.8 Å². The van der Waals surface area contributed by atoms with Gasteiger partial charge in [0.2, 0.25) is 0 Å². The summed E-state index contributed by atoms with van der Waals surface area (Å²) in [4.78, 5) is 0. The van der Waals surface area contributed by atoms with Gasteiger partial charge in [0.1, 0.15) is 6.61 Å². The van der Waals surface area contributed by atoms with Crippen molar-refractivity contribution in [3.8, 4) is 0 Å². The predicted octanol–water partition coefficient (Wildman–Crippen LogP) is -0.840. The lowest BCUT2D eigenvalue weighted by Crippen LogP contribution is -2.47. The quantitative estimate of drug-likeness (QED) is 0.290. The van der Waals surface area contributed by atoms with Crippen LogP contribution in [0.2, 0.25) is 0 Å². The molecular formula is C7H14O5. The number of hydrogen-bond donors (Lipinski definition) is 3. The van der Waals surface area contributed by atoms with E-state index in [2.05, 4.69) is 4.74 Å². The maximum absolute atomic E-state index is 8.77. The number of hydrogen-bond acceptors (Lipinski definition) is 5. The van der Waals surface area contributed by atoms with E-state index in [1.807, 2.05) is 6.92 Å². The second-order valence-corrected chi connectivity index (χ2v) is 2.88. The van der Waals surface area contributed by atoms with E-state index in [0.29, 0.717) is 6.61 Å². The molecule has 0 bridgehead atoms. The van der Waals surface area contributed by atoms with Gasteiger partial charge in [0.05, 0.1) is 6.61 Å². The van der Waals surface area contributed by atoms with Crippen molar-refractivity contribution >= 4 is 0 Å². The van der Waals surface area contributed by atoms with E-state index in [9.17, 15) is 0 Å². The van der Waals surface area contributed by atoms with Crippen molar-refractivity contribution < 1.29 is 24.8 Å². The van der Waals surface area contributed by atoms with Gasteiger partial charge >= 0.3 is 5.97 Å². The minimum absolute atomic E-state index is 0.0141. The van der Waals surface area contributed by atoms with Gasteiger partial charge in [-0.25, -0.2) is 0 Å². The molecule has 1 saturated heterocycles. The Morgan fingerprint density at radius 2 is 2.08 bits per heavy atom. The third-order valence-electron chi connectivity index (χ3n) is 1.75. The van der Waals surface area contributed by atoms with Gasteiger partial charge in [-0.15, -0.1) is 0 Å². The average Bonchev–Trinajstić information content (AvgIpc) is 2.67. The summed E-state index contributed by atoms with van der Waals surface area (Å²) in [6.45, 7) is 2.34. The number of rotatable bonds is 5. The van der Waals surface area contributed by atoms with Crippen LogP contribution in [-0.2, 0) is 9.47 Å². The molecule has 1 heterocycles. The van der Waals surface area contributed by atoms with Crippen molar-refractivity contribution in [2.24, 2.45) is 0 Å². The summed E-state index contributed by atoms with van der Waals surface area (Å²) in [7, 11) is 0. The molecule has 1 atom stereocenters. The molecule has 1 aliphatic rings. The first-order chi connectivity index (χ1) is 5.52. The summed E-state index contributed by atoms with van der Waals surface area (Å²) in [5.41, 5.74) is 0. The molecule has 5 heteroatoms. The lowest BCUT2D eigenvalue weighted by Gasteiger charge is -2.22. The molecule has 1 unspecified atom stereocenters. The zero-order valence-electron chi connectivity index (χ0n) is 6.99. The first kappa shape index (κ1) is 9.88. The number of aliphatic hydroxyl groups is 3. The Kier molecular flexibility index (Phi) is 2.70. The molecule has 12 heavy (non-hydrogen) atoms. The summed E-state index contributed by atoms with van der Waals surface area (Å²) < 4.78 is 9.61. The van der Waals surface area contributed by atoms with E-state index in [1.165, 1.54) is 0 Å². The molecule has 3 N–H and O–H groups in total. The highest BCUT2D eigenvalue weighted by Gasteiger charge is 2.63. The fourth-order valence-corrected chi connectivity index (χ4v) is 0.821. The Morgan fingerprint density at radius 1 is 1.50 bits per heavy atom. The Labute approximate surface area is 70.5 Å². The fourth-order valence-electron chi connectivity index (χ4n) is 0.821. The zero-order valence-corrected chi connectivity index (χ0v) is 6.99. The monoisotopic (exact) mass is 178 g/mol. The van der Waals surface area contributed by atoms with E-state index >= 15 is 0 Å². The Balaban J connectivity index is 2.30. The minimum atomic E-state index is -2.89. The molecule has 0 radical (unpaired) electrons. The molecule has 72 valence electrons. The number of epoxide rings is 1. The molecule has 0 saturated carbocycles. The molecular weight excluding hydrogens is 164 g/mol. The Bertz CT molecular complexity index is 146. The van der Waals surface area contributed by atoms with Crippen molar-refractivity contribution in [1.29, 1.82) is 0 Å². The average molecular weight is 178 g/mol. The Hall–Kier alpha value is -0.200. The molecule has 1 aliphatic heterocycles. The van der Waals surface area contributed by atoms with E-state index in [1.54, 1.807) is 0 Å². The van der Waals surface area contributed by atoms with Crippen LogP contribution in [0, 0.1) is 0 Å². The zero-order chi connectivity index (χ0) is 9.24.